The van der Waals surface area contributed by atoms with Gasteiger partial charge in [-0.3, -0.25) is 14.5 Å². The van der Waals surface area contributed by atoms with Crippen molar-refractivity contribution < 1.29 is 23.8 Å². The van der Waals surface area contributed by atoms with Gasteiger partial charge in [-0.25, -0.2) is 0 Å². The van der Waals surface area contributed by atoms with Gasteiger partial charge in [-0.2, -0.15) is 0 Å². The molecule has 1 heterocycles. The van der Waals surface area contributed by atoms with Crippen molar-refractivity contribution in [2.45, 2.75) is 32.9 Å². The number of nitrogens with zero attached hydrogens (tertiary/aromatic N) is 3. The quantitative estimate of drug-likeness (QED) is 0.224. The van der Waals surface area contributed by atoms with Gasteiger partial charge < -0.3 is 24.0 Å². The first-order valence-electron chi connectivity index (χ1n) is 15.9. The fourth-order valence-corrected chi connectivity index (χ4v) is 5.81. The fraction of sp³-hybridized carbons (Fsp3) is 0.316. The number of carbonyl (C=O) groups is 2. The summed E-state index contributed by atoms with van der Waals surface area (Å²) >= 11 is 0. The van der Waals surface area contributed by atoms with Crippen molar-refractivity contribution in [2.75, 3.05) is 51.4 Å². The van der Waals surface area contributed by atoms with Gasteiger partial charge in [-0.15, -0.1) is 0 Å². The van der Waals surface area contributed by atoms with Gasteiger partial charge in [0.15, 0.2) is 13.2 Å². The number of ether oxygens (including phenoxy) is 3. The van der Waals surface area contributed by atoms with Crippen molar-refractivity contribution in [2.24, 2.45) is 0 Å². The summed E-state index contributed by atoms with van der Waals surface area (Å²) in [4.78, 5) is 33.7. The second-order valence-electron chi connectivity index (χ2n) is 11.5. The molecule has 1 aliphatic heterocycles. The molecule has 0 bridgehead atoms. The molecule has 0 aliphatic carbocycles. The average Bonchev–Trinajstić information content (AvgIpc) is 3.08. The zero-order valence-electron chi connectivity index (χ0n) is 26.8. The summed E-state index contributed by atoms with van der Waals surface area (Å²) in [5, 5.41) is 0. The Hall–Kier alpha value is -4.82. The molecule has 0 saturated heterocycles. The topological polar surface area (TPSA) is 71.6 Å². The number of hydrogen-bond donors (Lipinski definition) is 0. The standard InChI is InChI=1S/C38H43N3O5/c1-30-13-9-16-32-27-40(36(42)28-46-35-20-10-19-34(25-35)44-2)23-11-21-39(26-31-14-5-3-6-15-31)22-12-24-41(38(30)32)37(43)29-45-33-17-7-4-8-18-33/h3-10,13-20,25H,11-12,21-24,26-29H2,1-2H3. The molecule has 0 radical (unpaired) electrons. The van der Waals surface area contributed by atoms with E-state index in [1.165, 1.54) is 5.56 Å². The van der Waals surface area contributed by atoms with Crippen molar-refractivity contribution >= 4 is 17.5 Å². The van der Waals surface area contributed by atoms with Gasteiger partial charge in [0.1, 0.15) is 17.2 Å². The van der Waals surface area contributed by atoms with Crippen LogP contribution in [0.15, 0.2) is 103 Å². The number of benzene rings is 4. The molecule has 0 atom stereocenters. The van der Waals surface area contributed by atoms with Gasteiger partial charge in [0.05, 0.1) is 12.8 Å². The van der Waals surface area contributed by atoms with Crippen molar-refractivity contribution in [3.8, 4) is 17.2 Å². The second kappa shape index (κ2) is 16.5. The number of para-hydroxylation sites is 2. The Kier molecular flexibility index (Phi) is 11.7. The predicted octanol–water partition coefficient (Wildman–Crippen LogP) is 6.12. The lowest BCUT2D eigenvalue weighted by Gasteiger charge is -2.32. The molecule has 5 rings (SSSR count). The van der Waals surface area contributed by atoms with Crippen molar-refractivity contribution in [1.29, 1.82) is 0 Å². The van der Waals surface area contributed by atoms with Crippen LogP contribution in [0.2, 0.25) is 0 Å². The maximum Gasteiger partial charge on any atom is 0.264 e. The van der Waals surface area contributed by atoms with Crippen molar-refractivity contribution in [1.82, 2.24) is 9.80 Å². The maximum atomic E-state index is 13.9. The van der Waals surface area contributed by atoms with Gasteiger partial charge in [0.2, 0.25) is 0 Å². The molecule has 8 nitrogen and oxygen atoms in total. The molecule has 2 amide bonds. The van der Waals surface area contributed by atoms with Gasteiger partial charge in [-0.1, -0.05) is 72.8 Å². The summed E-state index contributed by atoms with van der Waals surface area (Å²) < 4.78 is 17.1. The van der Waals surface area contributed by atoms with Crippen LogP contribution >= 0.6 is 0 Å². The van der Waals surface area contributed by atoms with Crippen molar-refractivity contribution in [3.05, 3.63) is 120 Å². The smallest absolute Gasteiger partial charge is 0.264 e. The van der Waals surface area contributed by atoms with Crippen LogP contribution < -0.4 is 19.1 Å². The molecule has 0 fully saturated rings. The van der Waals surface area contributed by atoms with E-state index in [1.807, 2.05) is 89.5 Å². The number of rotatable bonds is 9. The summed E-state index contributed by atoms with van der Waals surface area (Å²) in [7, 11) is 1.60. The summed E-state index contributed by atoms with van der Waals surface area (Å²) in [5.41, 5.74) is 3.97. The number of fused-ring (bicyclic) bond motifs is 1. The molecule has 0 N–H and O–H groups in total. The third kappa shape index (κ3) is 9.11. The Balaban J connectivity index is 1.40. The zero-order valence-corrected chi connectivity index (χ0v) is 26.8. The van der Waals surface area contributed by atoms with Crippen LogP contribution in [0, 0.1) is 6.92 Å². The van der Waals surface area contributed by atoms with Gasteiger partial charge in [0, 0.05) is 45.3 Å². The largest absolute Gasteiger partial charge is 0.497 e. The van der Waals surface area contributed by atoms with Crippen molar-refractivity contribution in [3.63, 3.8) is 0 Å². The lowest BCUT2D eigenvalue weighted by molar-refractivity contribution is -0.134. The van der Waals surface area contributed by atoms with Crippen LogP contribution in [0.5, 0.6) is 17.2 Å². The highest BCUT2D eigenvalue weighted by Crippen LogP contribution is 2.28. The highest BCUT2D eigenvalue weighted by Gasteiger charge is 2.25. The minimum atomic E-state index is -0.120. The highest BCUT2D eigenvalue weighted by molar-refractivity contribution is 5.96. The van der Waals surface area contributed by atoms with E-state index in [4.69, 9.17) is 14.2 Å². The maximum absolute atomic E-state index is 13.9. The molecular weight excluding hydrogens is 578 g/mol. The van der Waals surface area contributed by atoms with E-state index < -0.39 is 0 Å². The van der Waals surface area contributed by atoms with Gasteiger partial charge in [0.25, 0.3) is 11.8 Å². The summed E-state index contributed by atoms with van der Waals surface area (Å²) in [6.07, 6.45) is 1.61. The van der Waals surface area contributed by atoms with Gasteiger partial charge in [-0.05, 0) is 60.7 Å². The molecule has 4 aromatic rings. The van der Waals surface area contributed by atoms with Crippen LogP contribution in [0.3, 0.4) is 0 Å². The molecule has 0 unspecified atom stereocenters. The molecule has 8 heteroatoms. The Morgan fingerprint density at radius 3 is 2.07 bits per heavy atom. The molecule has 0 aromatic heterocycles. The van der Waals surface area contributed by atoms with E-state index in [9.17, 15) is 9.59 Å². The molecule has 1 aliphatic rings. The van der Waals surface area contributed by atoms with E-state index in [2.05, 4.69) is 29.2 Å². The Morgan fingerprint density at radius 1 is 0.674 bits per heavy atom. The van der Waals surface area contributed by atoms with Gasteiger partial charge >= 0.3 is 0 Å². The minimum Gasteiger partial charge on any atom is -0.497 e. The summed E-state index contributed by atoms with van der Waals surface area (Å²) in [6, 6.07) is 33.1. The number of methoxy groups -OCH3 is 1. The fourth-order valence-electron chi connectivity index (χ4n) is 5.81. The monoisotopic (exact) mass is 621 g/mol. The lowest BCUT2D eigenvalue weighted by atomic mass is 10.0. The Labute approximate surface area is 272 Å². The molecule has 46 heavy (non-hydrogen) atoms. The predicted molar refractivity (Wildman–Crippen MR) is 180 cm³/mol. The SMILES string of the molecule is COc1cccc(OCC(=O)N2CCCN(Cc3ccccc3)CCCN(C(=O)COc3ccccc3)c3c(C)cccc3C2)c1. The van der Waals surface area contributed by atoms with E-state index in [0.29, 0.717) is 36.9 Å². The number of hydrogen-bond acceptors (Lipinski definition) is 6. The Bertz CT molecular complexity index is 1560. The molecule has 0 spiro atoms. The highest BCUT2D eigenvalue weighted by atomic mass is 16.5. The number of aryl methyl sites for hydroxylation is 1. The first-order valence-corrected chi connectivity index (χ1v) is 15.9. The third-order valence-corrected chi connectivity index (χ3v) is 8.12. The number of carbonyl (C=O) groups excluding carboxylic acids is 2. The third-order valence-electron chi connectivity index (χ3n) is 8.12. The molecule has 240 valence electrons. The van der Waals surface area contributed by atoms with E-state index in [-0.39, 0.29) is 25.0 Å². The molecular formula is C38H43N3O5. The summed E-state index contributed by atoms with van der Waals surface area (Å²) in [6.45, 7) is 5.72. The van der Waals surface area contributed by atoms with E-state index >= 15 is 0 Å². The van der Waals surface area contributed by atoms with Crippen LogP contribution in [0.4, 0.5) is 5.69 Å². The van der Waals surface area contributed by atoms with E-state index in [0.717, 1.165) is 49.3 Å². The minimum absolute atomic E-state index is 0.0808. The zero-order chi connectivity index (χ0) is 32.1. The van der Waals surface area contributed by atoms with E-state index in [1.54, 1.807) is 13.2 Å². The number of amides is 2. The van der Waals surface area contributed by atoms with Crippen LogP contribution in [0.25, 0.3) is 0 Å². The molecule has 0 saturated carbocycles. The number of anilines is 1. The molecule has 4 aromatic carbocycles. The average molecular weight is 622 g/mol. The van der Waals surface area contributed by atoms with Crippen LogP contribution in [0.1, 0.15) is 29.5 Å². The normalized spacial score (nSPS) is 14.4. The first kappa shape index (κ1) is 32.6. The Morgan fingerprint density at radius 2 is 1.30 bits per heavy atom. The van der Waals surface area contributed by atoms with Crippen LogP contribution in [-0.4, -0.2) is 68.1 Å². The van der Waals surface area contributed by atoms with Crippen LogP contribution in [-0.2, 0) is 22.7 Å². The summed E-state index contributed by atoms with van der Waals surface area (Å²) in [5.74, 6) is 1.65. The first-order chi connectivity index (χ1) is 22.5. The lowest BCUT2D eigenvalue weighted by Crippen LogP contribution is -2.41. The second-order valence-corrected chi connectivity index (χ2v) is 11.5.